The number of anilines is 1. The van der Waals surface area contributed by atoms with Crippen LogP contribution in [0, 0.1) is 0 Å². The summed E-state index contributed by atoms with van der Waals surface area (Å²) in [5.74, 6) is 0.0622. The molecule has 0 saturated carbocycles. The zero-order valence-electron chi connectivity index (χ0n) is 15.0. The molecule has 0 fully saturated rings. The lowest BCUT2D eigenvalue weighted by atomic mass is 10.0. The first kappa shape index (κ1) is 16.7. The first-order valence-electron chi connectivity index (χ1n) is 9.42. The number of aromatic nitrogens is 1. The maximum Gasteiger partial charge on any atom is 0.224 e. The molecule has 3 aromatic rings. The number of nitrogens with one attached hydrogen (secondary N) is 1. The number of carbonyl (C=O) groups excluding carboxylic acids is 1. The molecule has 134 valence electrons. The number of nitrogens with zero attached hydrogens (tertiary/aromatic N) is 1. The van der Waals surface area contributed by atoms with E-state index >= 15 is 0 Å². The third-order valence-corrected chi connectivity index (χ3v) is 5.28. The zero-order valence-corrected chi connectivity index (χ0v) is 15.0. The van der Waals surface area contributed by atoms with Crippen LogP contribution in [0.4, 0.5) is 5.69 Å². The number of nitrogens with two attached hydrogens (primary N) is 1. The van der Waals surface area contributed by atoms with Crippen LogP contribution in [0.1, 0.15) is 29.7 Å². The van der Waals surface area contributed by atoms with Crippen molar-refractivity contribution in [2.24, 2.45) is 0 Å². The number of nitrogen functional groups attached to an aromatic ring is 1. The summed E-state index contributed by atoms with van der Waals surface area (Å²) in [6, 6.07) is 16.1. The van der Waals surface area contributed by atoms with E-state index in [2.05, 4.69) is 34.1 Å². The van der Waals surface area contributed by atoms with E-state index in [1.54, 1.807) is 0 Å². The lowest BCUT2D eigenvalue weighted by molar-refractivity contribution is -0.120. The van der Waals surface area contributed by atoms with Crippen molar-refractivity contribution >= 4 is 22.5 Å². The van der Waals surface area contributed by atoms with E-state index < -0.39 is 0 Å². The van der Waals surface area contributed by atoms with Crippen molar-refractivity contribution in [3.8, 4) is 0 Å². The van der Waals surface area contributed by atoms with E-state index in [1.807, 2.05) is 24.3 Å². The molecule has 0 aliphatic carbocycles. The molecule has 1 aliphatic rings. The molecule has 0 unspecified atom stereocenters. The minimum absolute atomic E-state index is 0.0622. The van der Waals surface area contributed by atoms with Gasteiger partial charge in [-0.25, -0.2) is 0 Å². The van der Waals surface area contributed by atoms with Crippen LogP contribution in [0.2, 0.25) is 0 Å². The van der Waals surface area contributed by atoms with Gasteiger partial charge in [0.1, 0.15) is 0 Å². The average Bonchev–Trinajstić information content (AvgIpc) is 2.98. The summed E-state index contributed by atoms with van der Waals surface area (Å²) in [5.41, 5.74) is 11.6. The van der Waals surface area contributed by atoms with E-state index in [4.69, 9.17) is 5.73 Å². The molecule has 0 bridgehead atoms. The van der Waals surface area contributed by atoms with Crippen LogP contribution in [0.25, 0.3) is 10.9 Å². The second kappa shape index (κ2) is 7.24. The Balaban J connectivity index is 1.43. The first-order valence-corrected chi connectivity index (χ1v) is 9.42. The van der Waals surface area contributed by atoms with Gasteiger partial charge in [0.2, 0.25) is 5.91 Å². The van der Waals surface area contributed by atoms with Crippen molar-refractivity contribution in [1.29, 1.82) is 0 Å². The maximum absolute atomic E-state index is 12.2. The molecule has 3 N–H and O–H groups in total. The molecule has 4 nitrogen and oxygen atoms in total. The van der Waals surface area contributed by atoms with E-state index in [1.165, 1.54) is 35.0 Å². The summed E-state index contributed by atoms with van der Waals surface area (Å²) in [6.45, 7) is 1.79. The SMILES string of the molecule is Nc1ccc(CC(=O)NCCc2c3n(c4ccccc24)CCCC3)cc1. The van der Waals surface area contributed by atoms with Crippen LogP contribution in [-0.4, -0.2) is 17.0 Å². The lowest BCUT2D eigenvalue weighted by Gasteiger charge is -2.17. The van der Waals surface area contributed by atoms with Crippen molar-refractivity contribution in [2.45, 2.75) is 38.6 Å². The van der Waals surface area contributed by atoms with E-state index in [0.29, 0.717) is 13.0 Å². The van der Waals surface area contributed by atoms with Crippen LogP contribution >= 0.6 is 0 Å². The zero-order chi connectivity index (χ0) is 17.9. The molecule has 0 atom stereocenters. The largest absolute Gasteiger partial charge is 0.399 e. The fraction of sp³-hybridized carbons (Fsp3) is 0.318. The number of para-hydroxylation sites is 1. The number of rotatable bonds is 5. The third-order valence-electron chi connectivity index (χ3n) is 5.28. The van der Waals surface area contributed by atoms with E-state index in [0.717, 1.165) is 30.6 Å². The molecule has 1 amide bonds. The highest BCUT2D eigenvalue weighted by Gasteiger charge is 2.19. The molecule has 0 radical (unpaired) electrons. The first-order chi connectivity index (χ1) is 12.7. The molecule has 0 spiro atoms. The number of fused-ring (bicyclic) bond motifs is 3. The maximum atomic E-state index is 12.2. The Bertz CT molecular complexity index is 924. The van der Waals surface area contributed by atoms with Crippen LogP contribution in [-0.2, 0) is 30.6 Å². The third kappa shape index (κ3) is 3.32. The quantitative estimate of drug-likeness (QED) is 0.694. The molecule has 1 aliphatic heterocycles. The molecule has 4 rings (SSSR count). The fourth-order valence-electron chi connectivity index (χ4n) is 4.02. The highest BCUT2D eigenvalue weighted by Crippen LogP contribution is 2.30. The summed E-state index contributed by atoms with van der Waals surface area (Å²) in [7, 11) is 0. The van der Waals surface area contributed by atoms with Gasteiger partial charge in [-0.3, -0.25) is 4.79 Å². The number of hydrogen-bond donors (Lipinski definition) is 2. The van der Waals surface area contributed by atoms with Gasteiger partial charge >= 0.3 is 0 Å². The van der Waals surface area contributed by atoms with E-state index in [-0.39, 0.29) is 5.91 Å². The Morgan fingerprint density at radius 3 is 2.73 bits per heavy atom. The van der Waals surface area contributed by atoms with Crippen LogP contribution < -0.4 is 11.1 Å². The molecule has 4 heteroatoms. The molecular formula is C22H25N3O. The normalized spacial score (nSPS) is 13.5. The van der Waals surface area contributed by atoms with Gasteiger partial charge in [0.25, 0.3) is 0 Å². The highest BCUT2D eigenvalue weighted by atomic mass is 16.1. The Labute approximate surface area is 154 Å². The molecule has 0 saturated heterocycles. The van der Waals surface area contributed by atoms with Gasteiger partial charge in [0, 0.05) is 35.4 Å². The smallest absolute Gasteiger partial charge is 0.224 e. The van der Waals surface area contributed by atoms with E-state index in [9.17, 15) is 4.79 Å². The summed E-state index contributed by atoms with van der Waals surface area (Å²) >= 11 is 0. The van der Waals surface area contributed by atoms with Gasteiger partial charge in [0.05, 0.1) is 6.42 Å². The van der Waals surface area contributed by atoms with Gasteiger partial charge in [-0.2, -0.15) is 0 Å². The number of aryl methyl sites for hydroxylation is 1. The summed E-state index contributed by atoms with van der Waals surface area (Å²) < 4.78 is 2.48. The fourth-order valence-corrected chi connectivity index (χ4v) is 4.02. The average molecular weight is 347 g/mol. The van der Waals surface area contributed by atoms with Gasteiger partial charge in [-0.1, -0.05) is 30.3 Å². The highest BCUT2D eigenvalue weighted by molar-refractivity contribution is 5.86. The van der Waals surface area contributed by atoms with Gasteiger partial charge in [-0.05, 0) is 55.0 Å². The number of carbonyl (C=O) groups is 1. The summed E-state index contributed by atoms with van der Waals surface area (Å²) in [5, 5.41) is 4.42. The van der Waals surface area contributed by atoms with Crippen molar-refractivity contribution in [3.05, 3.63) is 65.4 Å². The predicted octanol–water partition coefficient (Wildman–Crippen LogP) is 3.46. The number of hydrogen-bond acceptors (Lipinski definition) is 2. The predicted molar refractivity (Wildman–Crippen MR) is 106 cm³/mol. The Hall–Kier alpha value is -2.75. The van der Waals surface area contributed by atoms with Crippen molar-refractivity contribution in [1.82, 2.24) is 9.88 Å². The van der Waals surface area contributed by atoms with Gasteiger partial charge in [-0.15, -0.1) is 0 Å². The number of benzene rings is 2. The van der Waals surface area contributed by atoms with Crippen LogP contribution in [0.5, 0.6) is 0 Å². The molecule has 2 aromatic carbocycles. The minimum Gasteiger partial charge on any atom is -0.399 e. The molecule has 1 aromatic heterocycles. The van der Waals surface area contributed by atoms with Crippen molar-refractivity contribution in [3.63, 3.8) is 0 Å². The number of amides is 1. The Morgan fingerprint density at radius 2 is 1.88 bits per heavy atom. The second-order valence-corrected chi connectivity index (χ2v) is 7.07. The lowest BCUT2D eigenvalue weighted by Crippen LogP contribution is -2.27. The topological polar surface area (TPSA) is 60.1 Å². The Kier molecular flexibility index (Phi) is 4.65. The minimum atomic E-state index is 0.0622. The van der Waals surface area contributed by atoms with Crippen molar-refractivity contribution < 1.29 is 4.79 Å². The van der Waals surface area contributed by atoms with Crippen molar-refractivity contribution in [2.75, 3.05) is 12.3 Å². The summed E-state index contributed by atoms with van der Waals surface area (Å²) in [6.07, 6.45) is 4.94. The van der Waals surface area contributed by atoms with Crippen LogP contribution in [0.3, 0.4) is 0 Å². The summed E-state index contributed by atoms with van der Waals surface area (Å²) in [4.78, 5) is 12.2. The van der Waals surface area contributed by atoms with Crippen LogP contribution in [0.15, 0.2) is 48.5 Å². The molecular weight excluding hydrogens is 322 g/mol. The second-order valence-electron chi connectivity index (χ2n) is 7.07. The Morgan fingerprint density at radius 1 is 1.08 bits per heavy atom. The molecule has 26 heavy (non-hydrogen) atoms. The molecule has 2 heterocycles. The van der Waals surface area contributed by atoms with Gasteiger partial charge < -0.3 is 15.6 Å². The monoisotopic (exact) mass is 347 g/mol. The van der Waals surface area contributed by atoms with Gasteiger partial charge in [0.15, 0.2) is 0 Å². The standard InChI is InChI=1S/C22H25N3O/c23-17-10-8-16(9-11-17)15-22(26)24-13-12-19-18-5-1-2-6-20(18)25-14-4-3-7-21(19)25/h1-2,5-6,8-11H,3-4,7,12-15,23H2,(H,24,26).